The first-order valence-corrected chi connectivity index (χ1v) is 9.52. The van der Waals surface area contributed by atoms with Gasteiger partial charge in [0.2, 0.25) is 10.0 Å². The van der Waals surface area contributed by atoms with Gasteiger partial charge in [0.1, 0.15) is 17.2 Å². The van der Waals surface area contributed by atoms with Crippen molar-refractivity contribution in [1.29, 1.82) is 0 Å². The average molecular weight is 352 g/mol. The Morgan fingerprint density at radius 2 is 1.88 bits per heavy atom. The van der Waals surface area contributed by atoms with Crippen molar-refractivity contribution in [3.63, 3.8) is 0 Å². The molecule has 1 atom stereocenters. The highest BCUT2D eigenvalue weighted by atomic mass is 32.2. The van der Waals surface area contributed by atoms with Gasteiger partial charge in [-0.15, -0.1) is 0 Å². The summed E-state index contributed by atoms with van der Waals surface area (Å²) < 4.78 is 31.8. The van der Waals surface area contributed by atoms with Crippen LogP contribution in [0.1, 0.15) is 37.0 Å². The Balaban J connectivity index is 2.17. The Kier molecular flexibility index (Phi) is 6.15. The molecule has 0 unspecified atom stereocenters. The highest BCUT2D eigenvalue weighted by Crippen LogP contribution is 2.19. The summed E-state index contributed by atoms with van der Waals surface area (Å²) >= 11 is 0. The number of sulfonamides is 1. The van der Waals surface area contributed by atoms with E-state index in [0.717, 1.165) is 0 Å². The van der Waals surface area contributed by atoms with Crippen LogP contribution in [0.15, 0.2) is 40.9 Å². The first-order chi connectivity index (χ1) is 11.3. The molecule has 0 amide bonds. The lowest BCUT2D eigenvalue weighted by Crippen LogP contribution is -2.38. The van der Waals surface area contributed by atoms with Crippen molar-refractivity contribution in [2.24, 2.45) is 5.92 Å². The predicted molar refractivity (Wildman–Crippen MR) is 91.7 cm³/mol. The van der Waals surface area contributed by atoms with E-state index in [0.29, 0.717) is 23.6 Å². The molecule has 0 aliphatic rings. The molecule has 1 aromatic carbocycles. The van der Waals surface area contributed by atoms with Crippen molar-refractivity contribution in [2.45, 2.75) is 32.6 Å². The largest absolute Gasteiger partial charge is 0.387 e. The van der Waals surface area contributed by atoms with Crippen molar-refractivity contribution >= 4 is 10.0 Å². The number of aryl methyl sites for hydroxylation is 1. The molecule has 0 saturated carbocycles. The molecule has 0 aliphatic heterocycles. The Labute approximate surface area is 143 Å². The Morgan fingerprint density at radius 3 is 2.42 bits per heavy atom. The van der Waals surface area contributed by atoms with Crippen LogP contribution in [-0.2, 0) is 15.8 Å². The van der Waals surface area contributed by atoms with Crippen LogP contribution in [0.5, 0.6) is 0 Å². The van der Waals surface area contributed by atoms with E-state index in [1.807, 2.05) is 32.0 Å². The molecule has 2 aromatic rings. The van der Waals surface area contributed by atoms with Crippen molar-refractivity contribution in [3.8, 4) is 0 Å². The van der Waals surface area contributed by atoms with Crippen LogP contribution in [-0.4, -0.2) is 36.1 Å². The monoisotopic (exact) mass is 352 g/mol. The second kappa shape index (κ2) is 7.92. The number of hydrogen-bond acceptors (Lipinski definition) is 5. The van der Waals surface area contributed by atoms with Crippen molar-refractivity contribution in [3.05, 3.63) is 53.4 Å². The summed E-state index contributed by atoms with van der Waals surface area (Å²) in [4.78, 5) is 0. The maximum absolute atomic E-state index is 12.7. The number of aliphatic hydroxyl groups is 1. The van der Waals surface area contributed by atoms with E-state index in [9.17, 15) is 13.5 Å². The molecule has 0 aliphatic carbocycles. The fourth-order valence-corrected chi connectivity index (χ4v) is 4.03. The minimum Gasteiger partial charge on any atom is -0.387 e. The molecule has 0 spiro atoms. The molecule has 0 radical (unpaired) electrons. The van der Waals surface area contributed by atoms with E-state index in [2.05, 4.69) is 5.16 Å². The molecular weight excluding hydrogens is 328 g/mol. The Morgan fingerprint density at radius 1 is 1.21 bits per heavy atom. The molecule has 0 fully saturated rings. The normalized spacial score (nSPS) is 13.6. The van der Waals surface area contributed by atoms with Crippen LogP contribution in [0, 0.1) is 12.8 Å². The van der Waals surface area contributed by atoms with Crippen LogP contribution < -0.4 is 0 Å². The zero-order valence-electron chi connectivity index (χ0n) is 14.2. The Bertz CT molecular complexity index is 741. The van der Waals surface area contributed by atoms with E-state index in [-0.39, 0.29) is 18.2 Å². The minimum atomic E-state index is -3.61. The van der Waals surface area contributed by atoms with E-state index in [4.69, 9.17) is 4.52 Å². The van der Waals surface area contributed by atoms with Crippen molar-refractivity contribution in [2.75, 3.05) is 13.1 Å². The molecular formula is C17H24N2O4S. The molecule has 0 bridgehead atoms. The highest BCUT2D eigenvalue weighted by molar-refractivity contribution is 7.88. The predicted octanol–water partition coefficient (Wildman–Crippen LogP) is 2.50. The van der Waals surface area contributed by atoms with Gasteiger partial charge < -0.3 is 9.63 Å². The summed E-state index contributed by atoms with van der Waals surface area (Å²) in [7, 11) is -3.61. The summed E-state index contributed by atoms with van der Waals surface area (Å²) in [6, 6.07) is 10.7. The summed E-state index contributed by atoms with van der Waals surface area (Å²) in [5.41, 5.74) is 1.06. The third-order valence-electron chi connectivity index (χ3n) is 3.53. The molecule has 1 aromatic heterocycles. The smallest absolute Gasteiger partial charge is 0.220 e. The number of benzene rings is 1. The van der Waals surface area contributed by atoms with Crippen LogP contribution in [0.3, 0.4) is 0 Å². The second-order valence-electron chi connectivity index (χ2n) is 6.32. The van der Waals surface area contributed by atoms with Gasteiger partial charge in [-0.05, 0) is 18.4 Å². The van der Waals surface area contributed by atoms with Gasteiger partial charge in [-0.2, -0.15) is 4.31 Å². The number of aliphatic hydroxyl groups excluding tert-OH is 1. The number of hydrogen-bond donors (Lipinski definition) is 1. The van der Waals surface area contributed by atoms with E-state index < -0.39 is 16.1 Å². The molecule has 2 rings (SSSR count). The zero-order chi connectivity index (χ0) is 17.7. The van der Waals surface area contributed by atoms with Crippen molar-refractivity contribution in [1.82, 2.24) is 9.46 Å². The maximum Gasteiger partial charge on any atom is 0.220 e. The SMILES string of the molecule is Cc1cc(CS(=O)(=O)N(CC(C)C)C[C@H](O)c2ccccc2)no1. The molecule has 7 heteroatoms. The van der Waals surface area contributed by atoms with E-state index in [1.54, 1.807) is 25.1 Å². The third kappa shape index (κ3) is 5.15. The number of rotatable bonds is 8. The molecule has 1 heterocycles. The van der Waals surface area contributed by atoms with E-state index in [1.165, 1.54) is 4.31 Å². The first kappa shape index (κ1) is 18.6. The summed E-state index contributed by atoms with van der Waals surface area (Å²) in [6.07, 6.45) is -0.876. The second-order valence-corrected chi connectivity index (χ2v) is 8.29. The molecule has 24 heavy (non-hydrogen) atoms. The van der Waals surface area contributed by atoms with Gasteiger partial charge in [0.05, 0.1) is 6.10 Å². The standard InChI is InChI=1S/C17H24N2O4S/c1-13(2)10-19(11-17(20)15-7-5-4-6-8-15)24(21,22)12-16-9-14(3)23-18-16/h4-9,13,17,20H,10-12H2,1-3H3/t17-/m0/s1. The molecule has 132 valence electrons. The van der Waals surface area contributed by atoms with Gasteiger partial charge in [0.15, 0.2) is 0 Å². The lowest BCUT2D eigenvalue weighted by atomic mass is 10.1. The molecule has 1 N–H and O–H groups in total. The summed E-state index contributed by atoms with van der Waals surface area (Å²) in [5.74, 6) is 0.472. The zero-order valence-corrected chi connectivity index (χ0v) is 15.0. The Hall–Kier alpha value is -1.70. The quantitative estimate of drug-likeness (QED) is 0.789. The number of aromatic nitrogens is 1. The lowest BCUT2D eigenvalue weighted by Gasteiger charge is -2.26. The van der Waals surface area contributed by atoms with Gasteiger partial charge in [0, 0.05) is 19.2 Å². The van der Waals surface area contributed by atoms with Gasteiger partial charge in [-0.3, -0.25) is 0 Å². The number of nitrogens with zero attached hydrogens (tertiary/aromatic N) is 2. The maximum atomic E-state index is 12.7. The van der Waals surface area contributed by atoms with Gasteiger partial charge in [-0.1, -0.05) is 49.3 Å². The fourth-order valence-electron chi connectivity index (χ4n) is 2.45. The highest BCUT2D eigenvalue weighted by Gasteiger charge is 2.27. The molecule has 0 saturated heterocycles. The van der Waals surface area contributed by atoms with Crippen LogP contribution in [0.25, 0.3) is 0 Å². The summed E-state index contributed by atoms with van der Waals surface area (Å²) in [5, 5.41) is 14.2. The molecule has 6 nitrogen and oxygen atoms in total. The summed E-state index contributed by atoms with van der Waals surface area (Å²) in [6.45, 7) is 5.95. The minimum absolute atomic E-state index is 0.0152. The van der Waals surface area contributed by atoms with Gasteiger partial charge in [0.25, 0.3) is 0 Å². The van der Waals surface area contributed by atoms with Gasteiger partial charge in [-0.25, -0.2) is 8.42 Å². The van der Waals surface area contributed by atoms with E-state index >= 15 is 0 Å². The van der Waals surface area contributed by atoms with Gasteiger partial charge >= 0.3 is 0 Å². The van der Waals surface area contributed by atoms with Crippen molar-refractivity contribution < 1.29 is 18.0 Å². The lowest BCUT2D eigenvalue weighted by molar-refractivity contribution is 0.143. The third-order valence-corrected chi connectivity index (χ3v) is 5.28. The first-order valence-electron chi connectivity index (χ1n) is 7.91. The fraction of sp³-hybridized carbons (Fsp3) is 0.471. The average Bonchev–Trinajstić information content (AvgIpc) is 2.91. The van der Waals surface area contributed by atoms with Crippen LogP contribution >= 0.6 is 0 Å². The van der Waals surface area contributed by atoms with Crippen LogP contribution in [0.2, 0.25) is 0 Å². The van der Waals surface area contributed by atoms with Crippen LogP contribution in [0.4, 0.5) is 0 Å². The topological polar surface area (TPSA) is 83.6 Å².